The zero-order valence-electron chi connectivity index (χ0n) is 11.7. The van der Waals surface area contributed by atoms with Gasteiger partial charge < -0.3 is 4.74 Å². The van der Waals surface area contributed by atoms with E-state index in [4.69, 9.17) is 4.74 Å². The molecule has 0 fully saturated rings. The maximum Gasteiger partial charge on any atom is 0.137 e. The quantitative estimate of drug-likeness (QED) is 0.706. The summed E-state index contributed by atoms with van der Waals surface area (Å²) in [6.07, 6.45) is 4.10. The first kappa shape index (κ1) is 13.6. The number of hydrogen-bond donors (Lipinski definition) is 0. The molecule has 1 heterocycles. The lowest BCUT2D eigenvalue weighted by molar-refractivity contribution is 0.297. The molecule has 0 aliphatic carbocycles. The molecule has 0 unspecified atom stereocenters. The molecule has 0 N–H and O–H groups in total. The van der Waals surface area contributed by atoms with Crippen molar-refractivity contribution in [2.24, 2.45) is 5.92 Å². The summed E-state index contributed by atoms with van der Waals surface area (Å²) in [5.41, 5.74) is 2.11. The first-order valence-corrected chi connectivity index (χ1v) is 6.90. The normalized spacial score (nSPS) is 10.7. The predicted octanol–water partition coefficient (Wildman–Crippen LogP) is 4.56. The molecule has 1 aromatic heterocycles. The zero-order valence-corrected chi connectivity index (χ0v) is 11.7. The number of ether oxygens (including phenoxy) is 1. The largest absolute Gasteiger partial charge is 0.492 e. The number of rotatable bonds is 6. The fourth-order valence-electron chi connectivity index (χ4n) is 1.93. The lowest BCUT2D eigenvalue weighted by atomic mass is 10.1. The van der Waals surface area contributed by atoms with Gasteiger partial charge in [-0.15, -0.1) is 0 Å². The number of benzene rings is 1. The monoisotopic (exact) mass is 255 g/mol. The lowest BCUT2D eigenvalue weighted by Crippen LogP contribution is -2.00. The molecule has 0 saturated heterocycles. The Labute approximate surface area is 115 Å². The Balaban J connectivity index is 1.88. The van der Waals surface area contributed by atoms with Crippen LogP contribution in [0.15, 0.2) is 48.7 Å². The molecule has 0 saturated carbocycles. The highest BCUT2D eigenvalue weighted by molar-refractivity contribution is 5.58. The van der Waals surface area contributed by atoms with Crippen LogP contribution in [0.2, 0.25) is 0 Å². The van der Waals surface area contributed by atoms with E-state index in [-0.39, 0.29) is 0 Å². The summed E-state index contributed by atoms with van der Waals surface area (Å²) in [6.45, 7) is 5.23. The molecular formula is C17H21NO. The first-order valence-electron chi connectivity index (χ1n) is 6.90. The maximum atomic E-state index is 5.68. The molecule has 2 rings (SSSR count). The third-order valence-electron chi connectivity index (χ3n) is 3.00. The van der Waals surface area contributed by atoms with Crippen LogP contribution < -0.4 is 4.74 Å². The number of nitrogens with zero attached hydrogens (tertiary/aromatic N) is 1. The Bertz CT molecular complexity index is 476. The summed E-state index contributed by atoms with van der Waals surface area (Å²) in [6, 6.07) is 14.2. The minimum Gasteiger partial charge on any atom is -0.492 e. The molecule has 100 valence electrons. The van der Waals surface area contributed by atoms with E-state index < -0.39 is 0 Å². The van der Waals surface area contributed by atoms with Crippen LogP contribution in [0.3, 0.4) is 0 Å². The van der Waals surface area contributed by atoms with Crippen LogP contribution in [0, 0.1) is 5.92 Å². The number of aromatic nitrogens is 1. The van der Waals surface area contributed by atoms with Crippen molar-refractivity contribution in [3.05, 3.63) is 48.7 Å². The minimum absolute atomic E-state index is 0.738. The van der Waals surface area contributed by atoms with E-state index in [0.29, 0.717) is 0 Å². The average Bonchev–Trinajstić information content (AvgIpc) is 2.45. The van der Waals surface area contributed by atoms with Crippen molar-refractivity contribution < 1.29 is 4.74 Å². The van der Waals surface area contributed by atoms with Gasteiger partial charge in [-0.25, -0.2) is 0 Å². The van der Waals surface area contributed by atoms with Crippen molar-refractivity contribution in [3.63, 3.8) is 0 Å². The SMILES string of the molecule is CC(C)CCCOc1ccc(-c2ccccc2)nc1. The third-order valence-corrected chi connectivity index (χ3v) is 3.00. The van der Waals surface area contributed by atoms with E-state index in [1.54, 1.807) is 6.20 Å². The van der Waals surface area contributed by atoms with Gasteiger partial charge >= 0.3 is 0 Å². The van der Waals surface area contributed by atoms with Gasteiger partial charge in [0.05, 0.1) is 18.5 Å². The van der Waals surface area contributed by atoms with Gasteiger partial charge in [-0.05, 0) is 30.9 Å². The Kier molecular flexibility index (Phi) is 4.96. The highest BCUT2D eigenvalue weighted by Gasteiger charge is 2.00. The first-order chi connectivity index (χ1) is 9.25. The molecule has 0 amide bonds. The molecule has 0 spiro atoms. The van der Waals surface area contributed by atoms with E-state index in [1.807, 2.05) is 30.3 Å². The predicted molar refractivity (Wildman–Crippen MR) is 79.2 cm³/mol. The van der Waals surface area contributed by atoms with Crippen molar-refractivity contribution in [1.82, 2.24) is 4.98 Å². The van der Waals surface area contributed by atoms with Crippen LogP contribution in [0.4, 0.5) is 0 Å². The molecular weight excluding hydrogens is 234 g/mol. The minimum atomic E-state index is 0.738. The van der Waals surface area contributed by atoms with Crippen molar-refractivity contribution in [2.75, 3.05) is 6.61 Å². The zero-order chi connectivity index (χ0) is 13.5. The van der Waals surface area contributed by atoms with Crippen LogP contribution in [0.25, 0.3) is 11.3 Å². The van der Waals surface area contributed by atoms with Gasteiger partial charge in [0, 0.05) is 5.56 Å². The summed E-state index contributed by atoms with van der Waals surface area (Å²) in [5, 5.41) is 0. The van der Waals surface area contributed by atoms with Gasteiger partial charge in [0.2, 0.25) is 0 Å². The maximum absolute atomic E-state index is 5.68. The Morgan fingerprint density at radius 2 is 1.84 bits per heavy atom. The van der Waals surface area contributed by atoms with Gasteiger partial charge in [-0.2, -0.15) is 0 Å². The molecule has 19 heavy (non-hydrogen) atoms. The van der Waals surface area contributed by atoms with Gasteiger partial charge in [0.25, 0.3) is 0 Å². The standard InChI is InChI=1S/C17H21NO/c1-14(2)7-6-12-19-16-10-11-17(18-13-16)15-8-4-3-5-9-15/h3-5,8-11,13-14H,6-7,12H2,1-2H3. The molecule has 0 radical (unpaired) electrons. The van der Waals surface area contributed by atoms with E-state index in [2.05, 4.69) is 31.0 Å². The van der Waals surface area contributed by atoms with E-state index in [0.717, 1.165) is 36.0 Å². The molecule has 0 aliphatic rings. The van der Waals surface area contributed by atoms with E-state index >= 15 is 0 Å². The van der Waals surface area contributed by atoms with Gasteiger partial charge in [-0.1, -0.05) is 44.2 Å². The molecule has 2 nitrogen and oxygen atoms in total. The molecule has 0 aliphatic heterocycles. The Morgan fingerprint density at radius 3 is 2.47 bits per heavy atom. The molecule has 1 aromatic carbocycles. The highest BCUT2D eigenvalue weighted by atomic mass is 16.5. The fraction of sp³-hybridized carbons (Fsp3) is 0.353. The van der Waals surface area contributed by atoms with Crippen LogP contribution in [0.1, 0.15) is 26.7 Å². The van der Waals surface area contributed by atoms with Crippen molar-refractivity contribution in [2.45, 2.75) is 26.7 Å². The lowest BCUT2D eigenvalue weighted by Gasteiger charge is -2.08. The van der Waals surface area contributed by atoms with Crippen molar-refractivity contribution in [1.29, 1.82) is 0 Å². The van der Waals surface area contributed by atoms with E-state index in [9.17, 15) is 0 Å². The molecule has 2 aromatic rings. The van der Waals surface area contributed by atoms with Crippen molar-refractivity contribution >= 4 is 0 Å². The number of hydrogen-bond acceptors (Lipinski definition) is 2. The highest BCUT2D eigenvalue weighted by Crippen LogP contribution is 2.19. The van der Waals surface area contributed by atoms with Gasteiger partial charge in [0.1, 0.15) is 5.75 Å². The van der Waals surface area contributed by atoms with Crippen molar-refractivity contribution in [3.8, 4) is 17.0 Å². The van der Waals surface area contributed by atoms with Crippen LogP contribution in [-0.4, -0.2) is 11.6 Å². The summed E-state index contributed by atoms with van der Waals surface area (Å²) >= 11 is 0. The second kappa shape index (κ2) is 6.93. The molecule has 2 heteroatoms. The number of pyridine rings is 1. The second-order valence-electron chi connectivity index (χ2n) is 5.13. The topological polar surface area (TPSA) is 22.1 Å². The molecule has 0 bridgehead atoms. The van der Waals surface area contributed by atoms with Gasteiger partial charge in [-0.3, -0.25) is 4.98 Å². The van der Waals surface area contributed by atoms with E-state index in [1.165, 1.54) is 6.42 Å². The second-order valence-corrected chi connectivity index (χ2v) is 5.13. The fourth-order valence-corrected chi connectivity index (χ4v) is 1.93. The summed E-state index contributed by atoms with van der Waals surface area (Å²) in [7, 11) is 0. The average molecular weight is 255 g/mol. The van der Waals surface area contributed by atoms with Crippen LogP contribution >= 0.6 is 0 Å². The van der Waals surface area contributed by atoms with Crippen LogP contribution in [-0.2, 0) is 0 Å². The van der Waals surface area contributed by atoms with Crippen LogP contribution in [0.5, 0.6) is 5.75 Å². The smallest absolute Gasteiger partial charge is 0.137 e. The van der Waals surface area contributed by atoms with Gasteiger partial charge in [0.15, 0.2) is 0 Å². The summed E-state index contributed by atoms with van der Waals surface area (Å²) in [5.74, 6) is 1.59. The molecule has 0 atom stereocenters. The summed E-state index contributed by atoms with van der Waals surface area (Å²) in [4.78, 5) is 4.44. The Hall–Kier alpha value is -1.83. The summed E-state index contributed by atoms with van der Waals surface area (Å²) < 4.78 is 5.68. The third kappa shape index (κ3) is 4.40. The Morgan fingerprint density at radius 1 is 1.05 bits per heavy atom.